The van der Waals surface area contributed by atoms with Crippen molar-refractivity contribution in [3.8, 4) is 0 Å². The Morgan fingerprint density at radius 1 is 1.28 bits per heavy atom. The molecule has 0 bridgehead atoms. The van der Waals surface area contributed by atoms with Gasteiger partial charge in [0.2, 0.25) is 0 Å². The third-order valence-electron chi connectivity index (χ3n) is 2.87. The first-order valence-electron chi connectivity index (χ1n) is 6.74. The van der Waals surface area contributed by atoms with Gasteiger partial charge >= 0.3 is 0 Å². The van der Waals surface area contributed by atoms with Crippen LogP contribution in [0.15, 0.2) is 18.3 Å². The lowest BCUT2D eigenvalue weighted by molar-refractivity contribution is 0.0949. The Labute approximate surface area is 109 Å². The van der Waals surface area contributed by atoms with Crippen LogP contribution in [-0.4, -0.2) is 17.4 Å². The predicted molar refractivity (Wildman–Crippen MR) is 74.4 cm³/mol. The van der Waals surface area contributed by atoms with Gasteiger partial charge in [0, 0.05) is 12.7 Å². The average Bonchev–Trinajstić information content (AvgIpc) is 2.38. The second-order valence-corrected chi connectivity index (χ2v) is 4.46. The molecule has 0 saturated carbocycles. The molecule has 0 aliphatic carbocycles. The minimum absolute atomic E-state index is 0.179. The molecular weight excluding hydrogens is 226 g/mol. The van der Waals surface area contributed by atoms with E-state index in [1.54, 1.807) is 18.3 Å². The van der Waals surface area contributed by atoms with Crippen LogP contribution in [0, 0.1) is 0 Å². The number of amides is 1. The van der Waals surface area contributed by atoms with E-state index in [0.29, 0.717) is 17.9 Å². The fourth-order valence-electron chi connectivity index (χ4n) is 1.80. The maximum atomic E-state index is 11.7. The van der Waals surface area contributed by atoms with Gasteiger partial charge in [0.1, 0.15) is 0 Å². The van der Waals surface area contributed by atoms with Gasteiger partial charge in [-0.1, -0.05) is 39.0 Å². The molecule has 1 aromatic rings. The van der Waals surface area contributed by atoms with Crippen molar-refractivity contribution in [2.45, 2.75) is 45.4 Å². The molecule has 100 valence electrons. The third-order valence-corrected chi connectivity index (χ3v) is 2.87. The van der Waals surface area contributed by atoms with Crippen LogP contribution in [0.5, 0.6) is 0 Å². The van der Waals surface area contributed by atoms with Crippen molar-refractivity contribution in [1.29, 1.82) is 0 Å². The highest BCUT2D eigenvalue weighted by molar-refractivity contribution is 5.96. The van der Waals surface area contributed by atoms with E-state index in [1.165, 1.54) is 25.7 Å². The van der Waals surface area contributed by atoms with Gasteiger partial charge in [0.25, 0.3) is 5.91 Å². The van der Waals surface area contributed by atoms with Crippen molar-refractivity contribution >= 4 is 11.6 Å². The summed E-state index contributed by atoms with van der Waals surface area (Å²) >= 11 is 0. The van der Waals surface area contributed by atoms with Crippen LogP contribution in [0.25, 0.3) is 0 Å². The quantitative estimate of drug-likeness (QED) is 0.696. The first-order chi connectivity index (χ1) is 8.75. The van der Waals surface area contributed by atoms with E-state index in [0.717, 1.165) is 12.8 Å². The van der Waals surface area contributed by atoms with E-state index in [4.69, 9.17) is 5.73 Å². The molecule has 0 fully saturated rings. The van der Waals surface area contributed by atoms with Crippen molar-refractivity contribution < 1.29 is 4.79 Å². The molecule has 18 heavy (non-hydrogen) atoms. The topological polar surface area (TPSA) is 68.0 Å². The number of nitrogens with two attached hydrogens (primary N) is 1. The summed E-state index contributed by atoms with van der Waals surface area (Å²) in [6, 6.07) is 3.41. The zero-order chi connectivity index (χ0) is 13.2. The molecule has 0 aliphatic heterocycles. The molecule has 1 amide bonds. The summed E-state index contributed by atoms with van der Waals surface area (Å²) in [5.74, 6) is -0.179. The smallest absolute Gasteiger partial charge is 0.272 e. The van der Waals surface area contributed by atoms with E-state index < -0.39 is 0 Å². The monoisotopic (exact) mass is 249 g/mol. The largest absolute Gasteiger partial charge is 0.397 e. The van der Waals surface area contributed by atoms with Gasteiger partial charge in [-0.2, -0.15) is 0 Å². The Morgan fingerprint density at radius 2 is 2.00 bits per heavy atom. The average molecular weight is 249 g/mol. The van der Waals surface area contributed by atoms with Crippen molar-refractivity contribution in [2.75, 3.05) is 12.3 Å². The number of rotatable bonds is 8. The van der Waals surface area contributed by atoms with E-state index in [1.807, 2.05) is 0 Å². The minimum atomic E-state index is -0.179. The Hall–Kier alpha value is -1.58. The summed E-state index contributed by atoms with van der Waals surface area (Å²) in [4.78, 5) is 15.7. The number of carbonyl (C=O) groups excluding carboxylic acids is 1. The predicted octanol–water partition coefficient (Wildman–Crippen LogP) is 2.75. The molecule has 0 unspecified atom stereocenters. The summed E-state index contributed by atoms with van der Waals surface area (Å²) in [5.41, 5.74) is 6.43. The maximum Gasteiger partial charge on any atom is 0.272 e. The number of hydrogen-bond acceptors (Lipinski definition) is 3. The Morgan fingerprint density at radius 3 is 2.72 bits per heavy atom. The number of nitrogens with zero attached hydrogens (tertiary/aromatic N) is 1. The van der Waals surface area contributed by atoms with Gasteiger partial charge in [-0.15, -0.1) is 0 Å². The molecule has 0 aromatic carbocycles. The Bertz CT molecular complexity index is 366. The second kappa shape index (κ2) is 8.50. The number of unbranched alkanes of at least 4 members (excludes halogenated alkanes) is 5. The zero-order valence-electron chi connectivity index (χ0n) is 11.1. The lowest BCUT2D eigenvalue weighted by atomic mass is 10.1. The van der Waals surface area contributed by atoms with Crippen molar-refractivity contribution in [3.63, 3.8) is 0 Å². The molecule has 4 heteroatoms. The zero-order valence-corrected chi connectivity index (χ0v) is 11.1. The highest BCUT2D eigenvalue weighted by Crippen LogP contribution is 2.07. The number of anilines is 1. The summed E-state index contributed by atoms with van der Waals surface area (Å²) in [6.07, 6.45) is 8.86. The van der Waals surface area contributed by atoms with Crippen LogP contribution >= 0.6 is 0 Å². The molecule has 1 rings (SSSR count). The van der Waals surface area contributed by atoms with E-state index in [9.17, 15) is 4.79 Å². The van der Waals surface area contributed by atoms with Crippen molar-refractivity contribution in [3.05, 3.63) is 24.0 Å². The molecule has 0 radical (unpaired) electrons. The van der Waals surface area contributed by atoms with Crippen LogP contribution in [0.1, 0.15) is 55.9 Å². The highest BCUT2D eigenvalue weighted by Gasteiger charge is 2.09. The van der Waals surface area contributed by atoms with Gasteiger partial charge in [-0.3, -0.25) is 4.79 Å². The van der Waals surface area contributed by atoms with Gasteiger partial charge in [-0.25, -0.2) is 4.98 Å². The molecule has 0 atom stereocenters. The first-order valence-corrected chi connectivity index (χ1v) is 6.74. The Kier molecular flexibility index (Phi) is 6.84. The minimum Gasteiger partial charge on any atom is -0.397 e. The van der Waals surface area contributed by atoms with Crippen LogP contribution in [0.2, 0.25) is 0 Å². The first kappa shape index (κ1) is 14.5. The van der Waals surface area contributed by atoms with E-state index >= 15 is 0 Å². The molecule has 1 heterocycles. The summed E-state index contributed by atoms with van der Waals surface area (Å²) in [6.45, 7) is 2.90. The lowest BCUT2D eigenvalue weighted by Crippen LogP contribution is -2.26. The molecule has 4 nitrogen and oxygen atoms in total. The number of aromatic nitrogens is 1. The van der Waals surface area contributed by atoms with Gasteiger partial charge in [-0.05, 0) is 18.6 Å². The van der Waals surface area contributed by atoms with Crippen LogP contribution < -0.4 is 11.1 Å². The lowest BCUT2D eigenvalue weighted by Gasteiger charge is -2.06. The molecule has 0 aliphatic rings. The summed E-state index contributed by atoms with van der Waals surface area (Å²) in [7, 11) is 0. The number of pyridine rings is 1. The molecule has 0 saturated heterocycles. The van der Waals surface area contributed by atoms with Crippen LogP contribution in [-0.2, 0) is 0 Å². The fraction of sp³-hybridized carbons (Fsp3) is 0.571. The fourth-order valence-corrected chi connectivity index (χ4v) is 1.80. The van der Waals surface area contributed by atoms with Gasteiger partial charge < -0.3 is 11.1 Å². The number of hydrogen-bond donors (Lipinski definition) is 2. The standard InChI is InChI=1S/C14H23N3O/c1-2-3-4-5-6-7-10-17-14(18)13-12(15)9-8-11-16-13/h8-9,11H,2-7,10,15H2,1H3,(H,17,18). The summed E-state index contributed by atoms with van der Waals surface area (Å²) < 4.78 is 0. The van der Waals surface area contributed by atoms with Crippen molar-refractivity contribution in [2.24, 2.45) is 0 Å². The highest BCUT2D eigenvalue weighted by atomic mass is 16.1. The molecule has 0 spiro atoms. The molecule has 1 aromatic heterocycles. The normalized spacial score (nSPS) is 10.3. The summed E-state index contributed by atoms with van der Waals surface area (Å²) in [5, 5.41) is 2.85. The van der Waals surface area contributed by atoms with E-state index in [-0.39, 0.29) is 5.91 Å². The second-order valence-electron chi connectivity index (χ2n) is 4.46. The van der Waals surface area contributed by atoms with E-state index in [2.05, 4.69) is 17.2 Å². The number of nitrogen functional groups attached to an aromatic ring is 1. The number of nitrogens with one attached hydrogen (secondary N) is 1. The van der Waals surface area contributed by atoms with Crippen LogP contribution in [0.4, 0.5) is 5.69 Å². The third kappa shape index (κ3) is 5.17. The number of carbonyl (C=O) groups is 1. The maximum absolute atomic E-state index is 11.7. The molecule has 3 N–H and O–H groups in total. The van der Waals surface area contributed by atoms with Crippen molar-refractivity contribution in [1.82, 2.24) is 10.3 Å². The van der Waals surface area contributed by atoms with Gasteiger partial charge in [0.15, 0.2) is 5.69 Å². The van der Waals surface area contributed by atoms with Gasteiger partial charge in [0.05, 0.1) is 5.69 Å². The Balaban J connectivity index is 2.16. The van der Waals surface area contributed by atoms with Crippen LogP contribution in [0.3, 0.4) is 0 Å². The molecular formula is C14H23N3O. The SMILES string of the molecule is CCCCCCCCNC(=O)c1ncccc1N.